The minimum absolute atomic E-state index is 0.00514. The Hall–Kier alpha value is -5.60. The Kier molecular flexibility index (Phi) is 12.0. The lowest BCUT2D eigenvalue weighted by Crippen LogP contribution is -2.77. The van der Waals surface area contributed by atoms with E-state index in [0.717, 1.165) is 37.0 Å². The molecule has 0 saturated carbocycles. The number of unbranched alkanes of at least 4 members (excludes halogenated alkanes) is 3. The van der Waals surface area contributed by atoms with Gasteiger partial charge in [0, 0.05) is 60.2 Å². The summed E-state index contributed by atoms with van der Waals surface area (Å²) in [5.41, 5.74) is 12.6. The van der Waals surface area contributed by atoms with E-state index in [1.165, 1.54) is 0 Å². The van der Waals surface area contributed by atoms with Crippen LogP contribution < -0.4 is 48.7 Å². The maximum Gasteiger partial charge on any atom is 0.407 e. The Morgan fingerprint density at radius 1 is 0.897 bits per heavy atom. The third kappa shape index (κ3) is 8.48. The van der Waals surface area contributed by atoms with Gasteiger partial charge in [0.1, 0.15) is 12.6 Å². The highest BCUT2D eigenvalue weighted by atomic mass is 32.2. The predicted molar refractivity (Wildman–Crippen MR) is 213 cm³/mol. The molecule has 5 amide bonds. The van der Waals surface area contributed by atoms with E-state index in [0.29, 0.717) is 36.2 Å². The molecule has 0 aliphatic carbocycles. The van der Waals surface area contributed by atoms with E-state index < -0.39 is 29.6 Å². The number of carbonyl (C=O) groups excluding carboxylic acids is 5. The van der Waals surface area contributed by atoms with Crippen molar-refractivity contribution in [1.82, 2.24) is 37.2 Å². The van der Waals surface area contributed by atoms with E-state index >= 15 is 0 Å². The number of hydrogen-bond donors (Lipinski definition) is 11. The summed E-state index contributed by atoms with van der Waals surface area (Å²) in [6, 6.07) is 11.6. The lowest BCUT2D eigenvalue weighted by atomic mass is 9.87. The van der Waals surface area contributed by atoms with Gasteiger partial charge in [-0.3, -0.25) is 25.4 Å². The first-order valence-corrected chi connectivity index (χ1v) is 20.5. The van der Waals surface area contributed by atoms with Crippen LogP contribution >= 0.6 is 11.8 Å². The minimum atomic E-state index is -2.19. The summed E-state index contributed by atoms with van der Waals surface area (Å²) < 4.78 is 7.00. The predicted octanol–water partition coefficient (Wildman–Crippen LogP) is -1.53. The SMILES string of the molecule is NC1=NC2C(COC(=O)NCc3ccc(C(=O)c4ccc(C(=O)NCCCCCCNC(=O)CC5SC[C@@H]6NC(=O)N[C@H]56)cc4)cc3)NC(N)=[N+]3CCC(O)(O)C23N1. The molecule has 0 radical (unpaired) electrons. The lowest BCUT2D eigenvalue weighted by molar-refractivity contribution is -0.623. The van der Waals surface area contributed by atoms with Crippen LogP contribution in [0.2, 0.25) is 0 Å². The fraction of sp³-hybridized carbons (Fsp3) is 0.500. The first kappa shape index (κ1) is 40.6. The Bertz CT molecular complexity index is 1980. The van der Waals surface area contributed by atoms with E-state index in [9.17, 15) is 34.2 Å². The topological polar surface area (TPSA) is 287 Å². The van der Waals surface area contributed by atoms with Crippen molar-refractivity contribution < 1.29 is 43.5 Å². The highest BCUT2D eigenvalue weighted by Gasteiger charge is 2.71. The summed E-state index contributed by atoms with van der Waals surface area (Å²) >= 11 is 1.71. The van der Waals surface area contributed by atoms with Gasteiger partial charge in [0.15, 0.2) is 17.8 Å². The van der Waals surface area contributed by atoms with E-state index in [1.807, 2.05) is 0 Å². The molecule has 5 heterocycles. The van der Waals surface area contributed by atoms with Crippen molar-refractivity contribution in [1.29, 1.82) is 0 Å². The number of nitrogens with one attached hydrogen (secondary N) is 7. The van der Waals surface area contributed by atoms with Crippen LogP contribution in [0.3, 0.4) is 0 Å². The van der Waals surface area contributed by atoms with Crippen molar-refractivity contribution in [2.24, 2.45) is 16.5 Å². The van der Waals surface area contributed by atoms with Crippen LogP contribution in [0.4, 0.5) is 9.59 Å². The number of nitrogens with zero attached hydrogens (tertiary/aromatic N) is 2. The second kappa shape index (κ2) is 17.1. The summed E-state index contributed by atoms with van der Waals surface area (Å²) in [7, 11) is 0. The van der Waals surface area contributed by atoms with Gasteiger partial charge in [-0.15, -0.1) is 0 Å². The molecular weight excluding hydrogens is 771 g/mol. The molecule has 0 bridgehead atoms. The van der Waals surface area contributed by atoms with E-state index in [2.05, 4.69) is 42.2 Å². The first-order valence-electron chi connectivity index (χ1n) is 19.5. The van der Waals surface area contributed by atoms with Gasteiger partial charge in [-0.25, -0.2) is 19.2 Å². The highest BCUT2D eigenvalue weighted by molar-refractivity contribution is 8.00. The largest absolute Gasteiger partial charge is 0.446 e. The molecule has 7 rings (SSSR count). The maximum atomic E-state index is 13.2. The number of aliphatic hydroxyl groups is 2. The number of guanidine groups is 2. The van der Waals surface area contributed by atoms with E-state index in [4.69, 9.17) is 16.2 Å². The monoisotopic (exact) mass is 820 g/mol. The number of alkyl carbamates (subject to hydrolysis) is 1. The second-order valence-electron chi connectivity index (χ2n) is 15.1. The Labute approximate surface area is 338 Å². The number of fused-ring (bicyclic) bond motifs is 1. The zero-order valence-corrected chi connectivity index (χ0v) is 32.6. The number of nitrogens with two attached hydrogens (primary N) is 2. The average molecular weight is 821 g/mol. The zero-order chi connectivity index (χ0) is 41.0. The molecule has 5 aliphatic rings. The first-order chi connectivity index (χ1) is 27.8. The summed E-state index contributed by atoms with van der Waals surface area (Å²) in [5, 5.41) is 41.9. The fourth-order valence-electron chi connectivity index (χ4n) is 8.19. The number of amides is 5. The molecule has 3 saturated heterocycles. The van der Waals surface area contributed by atoms with Crippen LogP contribution in [0.15, 0.2) is 53.5 Å². The maximum absolute atomic E-state index is 13.2. The van der Waals surface area contributed by atoms with Crippen LogP contribution in [0.5, 0.6) is 0 Å². The van der Waals surface area contributed by atoms with Crippen molar-refractivity contribution in [2.75, 3.05) is 32.0 Å². The number of carbonyl (C=O) groups is 5. The number of ketones is 1. The van der Waals surface area contributed by atoms with Crippen molar-refractivity contribution in [3.63, 3.8) is 0 Å². The molecule has 19 nitrogen and oxygen atoms in total. The van der Waals surface area contributed by atoms with Gasteiger partial charge >= 0.3 is 18.1 Å². The van der Waals surface area contributed by atoms with Gasteiger partial charge < -0.3 is 52.6 Å². The summed E-state index contributed by atoms with van der Waals surface area (Å²) in [4.78, 5) is 66.7. The Morgan fingerprint density at radius 3 is 2.29 bits per heavy atom. The number of thioether (sulfide) groups is 1. The van der Waals surface area contributed by atoms with Crippen LogP contribution in [-0.2, 0) is 16.1 Å². The molecule has 2 aromatic rings. The molecule has 2 aromatic carbocycles. The minimum Gasteiger partial charge on any atom is -0.446 e. The van der Waals surface area contributed by atoms with Crippen LogP contribution in [0.25, 0.3) is 0 Å². The highest BCUT2D eigenvalue weighted by Crippen LogP contribution is 2.41. The summed E-state index contributed by atoms with van der Waals surface area (Å²) in [6.07, 6.45) is 3.12. The van der Waals surface area contributed by atoms with E-state index in [-0.39, 0.29) is 79.0 Å². The van der Waals surface area contributed by atoms with Gasteiger partial charge in [0.25, 0.3) is 5.91 Å². The van der Waals surface area contributed by atoms with Crippen molar-refractivity contribution in [2.45, 2.75) is 85.9 Å². The van der Waals surface area contributed by atoms with Gasteiger partial charge in [-0.1, -0.05) is 49.2 Å². The molecule has 3 fully saturated rings. The van der Waals surface area contributed by atoms with Crippen LogP contribution in [0.1, 0.15) is 70.4 Å². The normalized spacial score (nSPS) is 26.1. The number of aliphatic imine (C=N–C) groups is 1. The molecule has 5 aliphatic heterocycles. The van der Waals surface area contributed by atoms with Crippen LogP contribution in [0, 0.1) is 0 Å². The molecule has 1 spiro atoms. The molecule has 13 N–H and O–H groups in total. The molecule has 6 atom stereocenters. The van der Waals surface area contributed by atoms with Gasteiger partial charge in [-0.05, 0) is 30.5 Å². The fourth-order valence-corrected chi connectivity index (χ4v) is 9.67. The standard InChI is InChI=1S/C38H49N11O8S/c39-33-47-31-25(44-34(40)49-16-13-37(55,56)38(31,49)48-33)19-57-36(54)43-18-21-5-7-22(8-6-21)30(51)23-9-11-24(12-10-23)32(52)42-15-4-2-1-3-14-41-28(50)17-27-29-26(20-58-27)45-35(53)46-29/h5-12,25-27,29,31,55-56H,1-4,13-20H2,(H10,39,40,41,42,43,44,45,46,47,48,50,52,53,54)/p+1/t25?,26-,27?,29-,31?,38?/m0/s1. The van der Waals surface area contributed by atoms with Crippen molar-refractivity contribution in [3.8, 4) is 0 Å². The van der Waals surface area contributed by atoms with Gasteiger partial charge in [-0.2, -0.15) is 11.8 Å². The molecule has 0 aromatic heterocycles. The second-order valence-corrected chi connectivity index (χ2v) is 16.4. The third-order valence-electron chi connectivity index (χ3n) is 11.2. The number of urea groups is 1. The molecule has 58 heavy (non-hydrogen) atoms. The average Bonchev–Trinajstić information content (AvgIpc) is 3.95. The number of ether oxygens (including phenoxy) is 1. The number of rotatable bonds is 16. The van der Waals surface area contributed by atoms with Crippen LogP contribution in [-0.4, -0.2) is 129 Å². The van der Waals surface area contributed by atoms with Gasteiger partial charge in [0.2, 0.25) is 17.4 Å². The van der Waals surface area contributed by atoms with Crippen molar-refractivity contribution in [3.05, 3.63) is 70.8 Å². The molecule has 310 valence electrons. The molecule has 4 unspecified atom stereocenters. The quantitative estimate of drug-likeness (QED) is 0.0302. The summed E-state index contributed by atoms with van der Waals surface area (Å²) in [6.45, 7) is 1.28. The molecule has 20 heteroatoms. The smallest absolute Gasteiger partial charge is 0.407 e. The Balaban J connectivity index is 0.772. The molecular formula is C38H50N11O8S+. The van der Waals surface area contributed by atoms with Gasteiger partial charge in [0.05, 0.1) is 18.6 Å². The number of benzene rings is 2. The Morgan fingerprint density at radius 2 is 1.57 bits per heavy atom. The summed E-state index contributed by atoms with van der Waals surface area (Å²) in [5.74, 6) is -1.63. The van der Waals surface area contributed by atoms with Crippen molar-refractivity contribution >= 4 is 53.4 Å². The third-order valence-corrected chi connectivity index (χ3v) is 12.7. The lowest BCUT2D eigenvalue weighted by Gasteiger charge is -2.42. The zero-order valence-electron chi connectivity index (χ0n) is 31.8. The van der Waals surface area contributed by atoms with E-state index in [1.54, 1.807) is 64.9 Å². The number of hydrogen-bond acceptors (Lipinski definition) is 14.